The molecule has 0 bridgehead atoms. The van der Waals surface area contributed by atoms with E-state index in [1.165, 1.54) is 18.2 Å². The number of hydrogen-bond donors (Lipinski definition) is 0. The number of rotatable bonds is 4. The molecule has 1 rings (SSSR count). The summed E-state index contributed by atoms with van der Waals surface area (Å²) in [6.45, 7) is -2.92. The van der Waals surface area contributed by atoms with Crippen LogP contribution in [-0.2, 0) is 0 Å². The minimum Gasteiger partial charge on any atom is -0.492 e. The summed E-state index contributed by atoms with van der Waals surface area (Å²) in [6, 6.07) is 4.91. The SMILES string of the molecule is C=C(COc1cccc(F)c1)[B-](F)(F)F. The van der Waals surface area contributed by atoms with Crippen LogP contribution in [0.1, 0.15) is 0 Å². The molecule has 0 aliphatic heterocycles. The van der Waals surface area contributed by atoms with Crippen molar-refractivity contribution >= 4 is 6.98 Å². The van der Waals surface area contributed by atoms with Crippen molar-refractivity contribution in [2.75, 3.05) is 6.61 Å². The number of ether oxygens (including phenoxy) is 1. The Morgan fingerprint density at radius 2 is 2.00 bits per heavy atom. The van der Waals surface area contributed by atoms with E-state index in [0.29, 0.717) is 0 Å². The highest BCUT2D eigenvalue weighted by Crippen LogP contribution is 2.20. The van der Waals surface area contributed by atoms with E-state index >= 15 is 0 Å². The molecule has 0 radical (unpaired) electrons. The van der Waals surface area contributed by atoms with Gasteiger partial charge in [0.2, 0.25) is 0 Å². The summed E-state index contributed by atoms with van der Waals surface area (Å²) in [6.07, 6.45) is 0. The minimum absolute atomic E-state index is 0.0520. The van der Waals surface area contributed by atoms with Crippen LogP contribution in [0.4, 0.5) is 17.3 Å². The standard InChI is InChI=1S/C9H8BF4O/c1-7(10(12,13)14)6-15-9-4-2-3-8(11)5-9/h2-5H,1,6H2/q-1. The zero-order chi connectivity index (χ0) is 11.5. The second-order valence-electron chi connectivity index (χ2n) is 2.98. The van der Waals surface area contributed by atoms with Crippen LogP contribution in [0.3, 0.4) is 0 Å². The maximum absolute atomic E-state index is 12.6. The fourth-order valence-corrected chi connectivity index (χ4v) is 0.827. The van der Waals surface area contributed by atoms with Crippen LogP contribution in [0, 0.1) is 5.82 Å². The van der Waals surface area contributed by atoms with Crippen LogP contribution in [0.5, 0.6) is 5.75 Å². The van der Waals surface area contributed by atoms with Gasteiger partial charge in [0.15, 0.2) is 0 Å². The predicted molar refractivity (Wildman–Crippen MR) is 50.1 cm³/mol. The molecule has 15 heavy (non-hydrogen) atoms. The highest BCUT2D eigenvalue weighted by molar-refractivity contribution is 6.66. The average Bonchev–Trinajstić information content (AvgIpc) is 2.12. The molecule has 0 N–H and O–H groups in total. The van der Waals surface area contributed by atoms with Crippen molar-refractivity contribution in [1.29, 1.82) is 0 Å². The third-order valence-electron chi connectivity index (χ3n) is 1.68. The Balaban J connectivity index is 2.55. The van der Waals surface area contributed by atoms with Crippen LogP contribution in [-0.4, -0.2) is 13.6 Å². The van der Waals surface area contributed by atoms with Gasteiger partial charge in [0.1, 0.15) is 11.6 Å². The summed E-state index contributed by atoms with van der Waals surface area (Å²) in [5, 5.41) is 0. The van der Waals surface area contributed by atoms with Gasteiger partial charge in [0.25, 0.3) is 0 Å². The molecule has 82 valence electrons. The van der Waals surface area contributed by atoms with E-state index in [9.17, 15) is 17.3 Å². The van der Waals surface area contributed by atoms with Gasteiger partial charge in [-0.1, -0.05) is 6.07 Å². The molecule has 0 unspecified atom stereocenters. The molecule has 0 aliphatic rings. The molecule has 0 aliphatic carbocycles. The Morgan fingerprint density at radius 3 is 2.53 bits per heavy atom. The number of hydrogen-bond acceptors (Lipinski definition) is 1. The van der Waals surface area contributed by atoms with Gasteiger partial charge in [-0.25, -0.2) is 4.39 Å². The van der Waals surface area contributed by atoms with E-state index in [-0.39, 0.29) is 5.75 Å². The topological polar surface area (TPSA) is 9.23 Å². The largest absolute Gasteiger partial charge is 0.508 e. The zero-order valence-electron chi connectivity index (χ0n) is 7.72. The summed E-state index contributed by atoms with van der Waals surface area (Å²) >= 11 is 0. The first-order chi connectivity index (χ1) is 6.89. The lowest BCUT2D eigenvalue weighted by atomic mass is 9.81. The third-order valence-corrected chi connectivity index (χ3v) is 1.68. The molecular weight excluding hydrogens is 211 g/mol. The molecule has 1 aromatic carbocycles. The molecule has 0 saturated carbocycles. The molecular formula is C9H8BF4O-. The molecule has 0 aromatic heterocycles. The van der Waals surface area contributed by atoms with Gasteiger partial charge in [0.05, 0.1) is 6.61 Å². The van der Waals surface area contributed by atoms with E-state index in [4.69, 9.17) is 4.74 Å². The Kier molecular flexibility index (Phi) is 3.39. The van der Waals surface area contributed by atoms with Gasteiger partial charge in [-0.15, -0.1) is 12.1 Å². The fraction of sp³-hybridized carbons (Fsp3) is 0.111. The summed E-state index contributed by atoms with van der Waals surface area (Å²) < 4.78 is 53.5. The van der Waals surface area contributed by atoms with Crippen molar-refractivity contribution in [2.24, 2.45) is 0 Å². The van der Waals surface area contributed by atoms with Gasteiger partial charge in [-0.2, -0.15) is 0 Å². The van der Waals surface area contributed by atoms with Crippen LogP contribution < -0.4 is 4.74 Å². The number of halogens is 4. The number of benzene rings is 1. The Labute approximate surface area is 84.4 Å². The first-order valence-corrected chi connectivity index (χ1v) is 4.15. The van der Waals surface area contributed by atoms with Crippen LogP contribution in [0.2, 0.25) is 0 Å². The molecule has 1 aromatic rings. The van der Waals surface area contributed by atoms with Crippen LogP contribution in [0.15, 0.2) is 36.3 Å². The van der Waals surface area contributed by atoms with Gasteiger partial charge in [-0.05, 0) is 12.1 Å². The predicted octanol–water partition coefficient (Wildman–Crippen LogP) is 3.15. The summed E-state index contributed by atoms with van der Waals surface area (Å²) in [5.74, 6) is -0.508. The van der Waals surface area contributed by atoms with Crippen molar-refractivity contribution in [3.8, 4) is 5.75 Å². The lowest BCUT2D eigenvalue weighted by molar-refractivity contribution is 0.345. The van der Waals surface area contributed by atoms with Crippen LogP contribution in [0.25, 0.3) is 0 Å². The van der Waals surface area contributed by atoms with Gasteiger partial charge >= 0.3 is 6.98 Å². The Bertz CT molecular complexity index is 361. The minimum atomic E-state index is -5.09. The van der Waals surface area contributed by atoms with Crippen molar-refractivity contribution < 1.29 is 22.1 Å². The normalized spacial score (nSPS) is 11.2. The molecule has 0 amide bonds. The molecule has 0 spiro atoms. The smallest absolute Gasteiger partial charge is 0.492 e. The molecule has 0 saturated heterocycles. The van der Waals surface area contributed by atoms with Gasteiger partial charge < -0.3 is 17.7 Å². The van der Waals surface area contributed by atoms with Crippen LogP contribution >= 0.6 is 0 Å². The summed E-state index contributed by atoms with van der Waals surface area (Å²) in [4.78, 5) is 0. The van der Waals surface area contributed by atoms with Crippen molar-refractivity contribution in [3.05, 3.63) is 42.1 Å². The summed E-state index contributed by atoms with van der Waals surface area (Å²) in [7, 11) is 0. The third kappa shape index (κ3) is 3.65. The Morgan fingerprint density at radius 1 is 1.33 bits per heavy atom. The van der Waals surface area contributed by atoms with Crippen molar-refractivity contribution in [1.82, 2.24) is 0 Å². The maximum Gasteiger partial charge on any atom is 0.508 e. The first kappa shape index (κ1) is 11.6. The second-order valence-corrected chi connectivity index (χ2v) is 2.98. The molecule has 1 nitrogen and oxygen atoms in total. The average molecular weight is 219 g/mol. The summed E-state index contributed by atoms with van der Waals surface area (Å²) in [5.41, 5.74) is -0.945. The van der Waals surface area contributed by atoms with E-state index in [1.807, 2.05) is 0 Å². The molecule has 0 fully saturated rings. The maximum atomic E-state index is 12.6. The molecule has 6 heteroatoms. The van der Waals surface area contributed by atoms with E-state index in [0.717, 1.165) is 6.07 Å². The lowest BCUT2D eigenvalue weighted by Gasteiger charge is -2.18. The molecule has 0 heterocycles. The first-order valence-electron chi connectivity index (χ1n) is 4.15. The van der Waals surface area contributed by atoms with Gasteiger partial charge in [0, 0.05) is 6.07 Å². The molecule has 0 atom stereocenters. The van der Waals surface area contributed by atoms with E-state index in [1.54, 1.807) is 0 Å². The van der Waals surface area contributed by atoms with Crippen molar-refractivity contribution in [3.63, 3.8) is 0 Å². The fourth-order valence-electron chi connectivity index (χ4n) is 0.827. The van der Waals surface area contributed by atoms with E-state index < -0.39 is 24.9 Å². The highest BCUT2D eigenvalue weighted by atomic mass is 19.4. The quantitative estimate of drug-likeness (QED) is 0.558. The lowest BCUT2D eigenvalue weighted by Crippen LogP contribution is -2.23. The zero-order valence-corrected chi connectivity index (χ0v) is 7.72. The monoisotopic (exact) mass is 219 g/mol. The highest BCUT2D eigenvalue weighted by Gasteiger charge is 2.26. The van der Waals surface area contributed by atoms with Crippen molar-refractivity contribution in [2.45, 2.75) is 0 Å². The van der Waals surface area contributed by atoms with E-state index in [2.05, 4.69) is 6.58 Å². The van der Waals surface area contributed by atoms with Gasteiger partial charge in [-0.3, -0.25) is 0 Å². The Hall–Kier alpha value is -1.46. The second kappa shape index (κ2) is 4.38.